The Morgan fingerprint density at radius 1 is 1.40 bits per heavy atom. The molecule has 1 aromatic rings. The smallest absolute Gasteiger partial charge is 0.260 e. The first-order valence-electron chi connectivity index (χ1n) is 7.00. The van der Waals surface area contributed by atoms with Crippen LogP contribution in [0.3, 0.4) is 0 Å². The Morgan fingerprint density at radius 2 is 2.20 bits per heavy atom. The van der Waals surface area contributed by atoms with Gasteiger partial charge in [-0.25, -0.2) is 18.1 Å². The van der Waals surface area contributed by atoms with Crippen molar-refractivity contribution in [2.24, 2.45) is 7.05 Å². The number of nitrogen functional groups attached to an aromatic ring is 1. The van der Waals surface area contributed by atoms with Gasteiger partial charge in [0.2, 0.25) is 0 Å². The predicted molar refractivity (Wildman–Crippen MR) is 75.6 cm³/mol. The lowest BCUT2D eigenvalue weighted by Crippen LogP contribution is -2.47. The van der Waals surface area contributed by atoms with Gasteiger partial charge >= 0.3 is 0 Å². The predicted octanol–water partition coefficient (Wildman–Crippen LogP) is -0.0926. The lowest BCUT2D eigenvalue weighted by atomic mass is 9.99. The van der Waals surface area contributed by atoms with E-state index in [0.717, 1.165) is 25.9 Å². The van der Waals surface area contributed by atoms with Gasteiger partial charge in [-0.2, -0.15) is 0 Å². The Balaban J connectivity index is 1.74. The van der Waals surface area contributed by atoms with Crippen molar-refractivity contribution in [3.8, 4) is 0 Å². The van der Waals surface area contributed by atoms with Crippen molar-refractivity contribution in [3.63, 3.8) is 0 Å². The van der Waals surface area contributed by atoms with Crippen LogP contribution in [0.4, 0.5) is 5.82 Å². The van der Waals surface area contributed by atoms with Crippen molar-refractivity contribution in [2.45, 2.75) is 42.8 Å². The molecule has 2 atom stereocenters. The van der Waals surface area contributed by atoms with Gasteiger partial charge < -0.3 is 15.2 Å². The second-order valence-corrected chi connectivity index (χ2v) is 7.35. The minimum absolute atomic E-state index is 0.00588. The fourth-order valence-corrected chi connectivity index (χ4v) is 4.89. The van der Waals surface area contributed by atoms with E-state index < -0.39 is 10.0 Å². The molecular weight excluding hydrogens is 278 g/mol. The van der Waals surface area contributed by atoms with Crippen molar-refractivity contribution in [3.05, 3.63) is 6.33 Å². The van der Waals surface area contributed by atoms with Gasteiger partial charge in [0.05, 0.1) is 6.33 Å². The van der Waals surface area contributed by atoms with Gasteiger partial charge in [-0.15, -0.1) is 0 Å². The molecule has 2 saturated heterocycles. The normalized spacial score (nSPS) is 27.6. The molecule has 0 saturated carbocycles. The summed E-state index contributed by atoms with van der Waals surface area (Å²) in [4.78, 5) is 6.30. The first-order valence-corrected chi connectivity index (χ1v) is 8.49. The van der Waals surface area contributed by atoms with E-state index in [1.807, 2.05) is 0 Å². The zero-order chi connectivity index (χ0) is 14.3. The summed E-state index contributed by atoms with van der Waals surface area (Å²) in [5.74, 6) is 0.0540. The number of aryl methyl sites for hydroxylation is 1. The molecule has 3 heterocycles. The number of nitrogens with zero attached hydrogens (tertiary/aromatic N) is 3. The Kier molecular flexibility index (Phi) is 3.47. The minimum Gasteiger partial charge on any atom is -0.381 e. The van der Waals surface area contributed by atoms with E-state index in [1.54, 1.807) is 7.05 Å². The molecule has 2 aliphatic heterocycles. The number of sulfonamides is 1. The zero-order valence-electron chi connectivity index (χ0n) is 11.6. The van der Waals surface area contributed by atoms with Crippen LogP contribution in [0.1, 0.15) is 25.7 Å². The molecule has 2 fully saturated rings. The topological polar surface area (TPSA) is 93.2 Å². The number of imidazole rings is 1. The molecule has 20 heavy (non-hydrogen) atoms. The number of rotatable bonds is 3. The Labute approximate surface area is 119 Å². The molecule has 8 heteroatoms. The number of nitrogens with two attached hydrogens (primary N) is 1. The van der Waals surface area contributed by atoms with Gasteiger partial charge in [-0.3, -0.25) is 0 Å². The molecular formula is C12H21N5O2S. The summed E-state index contributed by atoms with van der Waals surface area (Å²) in [5, 5.41) is 0.0614. The van der Waals surface area contributed by atoms with E-state index in [2.05, 4.69) is 14.6 Å². The third kappa shape index (κ3) is 2.43. The molecule has 0 aliphatic carbocycles. The molecule has 3 N–H and O–H groups in total. The molecule has 7 nitrogen and oxygen atoms in total. The molecule has 0 amide bonds. The number of aromatic nitrogens is 2. The Morgan fingerprint density at radius 3 is 2.90 bits per heavy atom. The fourth-order valence-electron chi connectivity index (χ4n) is 3.37. The summed E-state index contributed by atoms with van der Waals surface area (Å²) < 4.78 is 29.1. The maximum absolute atomic E-state index is 12.4. The quantitative estimate of drug-likeness (QED) is 0.813. The van der Waals surface area contributed by atoms with Crippen LogP contribution in [-0.2, 0) is 17.1 Å². The summed E-state index contributed by atoms with van der Waals surface area (Å²) in [5.41, 5.74) is 5.66. The largest absolute Gasteiger partial charge is 0.381 e. The highest BCUT2D eigenvalue weighted by atomic mass is 32.2. The van der Waals surface area contributed by atoms with Crippen LogP contribution in [0.5, 0.6) is 0 Å². The highest BCUT2D eigenvalue weighted by Gasteiger charge is 2.34. The van der Waals surface area contributed by atoms with Crippen LogP contribution in [-0.4, -0.2) is 48.0 Å². The van der Waals surface area contributed by atoms with E-state index >= 15 is 0 Å². The zero-order valence-corrected chi connectivity index (χ0v) is 12.4. The molecule has 0 spiro atoms. The first kappa shape index (κ1) is 13.8. The second-order valence-electron chi connectivity index (χ2n) is 5.72. The average molecular weight is 299 g/mol. The lowest BCUT2D eigenvalue weighted by molar-refractivity contribution is 0.176. The van der Waals surface area contributed by atoms with Crippen molar-refractivity contribution in [2.75, 3.05) is 18.8 Å². The standard InChI is InChI=1S/C12H21N5O2S/c1-16-8-14-11(13)12(16)20(18,19)15-9-4-6-17-5-2-3-10(17)7-9/h8-10,15H,2-7,13H2,1H3. The SMILES string of the molecule is Cn1cnc(N)c1S(=O)(=O)NC1CCN2CCCC2C1. The van der Waals surface area contributed by atoms with E-state index in [4.69, 9.17) is 5.73 Å². The third-order valence-corrected chi connectivity index (χ3v) is 5.96. The second kappa shape index (κ2) is 5.01. The summed E-state index contributed by atoms with van der Waals surface area (Å²) in [6, 6.07) is 0.522. The van der Waals surface area contributed by atoms with E-state index in [-0.39, 0.29) is 16.9 Å². The van der Waals surface area contributed by atoms with Crippen molar-refractivity contribution in [1.82, 2.24) is 19.2 Å². The average Bonchev–Trinajstić information content (AvgIpc) is 2.95. The molecule has 2 unspecified atom stereocenters. The third-order valence-electron chi connectivity index (χ3n) is 4.31. The fraction of sp³-hybridized carbons (Fsp3) is 0.750. The molecule has 1 aromatic heterocycles. The summed E-state index contributed by atoms with van der Waals surface area (Å²) in [6.45, 7) is 2.12. The van der Waals surface area contributed by atoms with E-state index in [0.29, 0.717) is 6.04 Å². The summed E-state index contributed by atoms with van der Waals surface area (Å²) in [7, 11) is -1.96. The van der Waals surface area contributed by atoms with Gasteiger partial charge in [-0.05, 0) is 38.8 Å². The number of hydrogen-bond donors (Lipinski definition) is 2. The Hall–Kier alpha value is -1.12. The highest BCUT2D eigenvalue weighted by molar-refractivity contribution is 7.89. The van der Waals surface area contributed by atoms with E-state index in [1.165, 1.54) is 23.7 Å². The number of anilines is 1. The molecule has 0 radical (unpaired) electrons. The molecule has 0 aromatic carbocycles. The van der Waals surface area contributed by atoms with Crippen LogP contribution in [0.15, 0.2) is 11.4 Å². The molecule has 2 aliphatic rings. The van der Waals surface area contributed by atoms with Crippen LogP contribution in [0.25, 0.3) is 0 Å². The number of nitrogens with one attached hydrogen (secondary N) is 1. The highest BCUT2D eigenvalue weighted by Crippen LogP contribution is 2.28. The summed E-state index contributed by atoms with van der Waals surface area (Å²) in [6.07, 6.45) is 5.55. The lowest BCUT2D eigenvalue weighted by Gasteiger charge is -2.34. The van der Waals surface area contributed by atoms with Crippen molar-refractivity contribution < 1.29 is 8.42 Å². The maximum Gasteiger partial charge on any atom is 0.260 e. The van der Waals surface area contributed by atoms with Crippen molar-refractivity contribution in [1.29, 1.82) is 0 Å². The van der Waals surface area contributed by atoms with Crippen molar-refractivity contribution >= 4 is 15.8 Å². The molecule has 112 valence electrons. The number of fused-ring (bicyclic) bond motifs is 1. The van der Waals surface area contributed by atoms with Gasteiger partial charge in [0.15, 0.2) is 10.8 Å². The molecule has 0 bridgehead atoms. The first-order chi connectivity index (χ1) is 9.47. The van der Waals surface area contributed by atoms with E-state index in [9.17, 15) is 8.42 Å². The van der Waals surface area contributed by atoms with Crippen LogP contribution in [0.2, 0.25) is 0 Å². The van der Waals surface area contributed by atoms with Crippen LogP contribution >= 0.6 is 0 Å². The number of hydrogen-bond acceptors (Lipinski definition) is 5. The van der Waals surface area contributed by atoms with Gasteiger partial charge in [0.25, 0.3) is 10.0 Å². The Bertz CT molecular complexity index is 577. The van der Waals surface area contributed by atoms with Gasteiger partial charge in [-0.1, -0.05) is 0 Å². The monoisotopic (exact) mass is 299 g/mol. The van der Waals surface area contributed by atoms with Gasteiger partial charge in [0, 0.05) is 19.1 Å². The maximum atomic E-state index is 12.4. The number of piperidine rings is 1. The summed E-state index contributed by atoms with van der Waals surface area (Å²) >= 11 is 0. The minimum atomic E-state index is -3.60. The van der Waals surface area contributed by atoms with Crippen LogP contribution < -0.4 is 10.5 Å². The van der Waals surface area contributed by atoms with Gasteiger partial charge in [0.1, 0.15) is 0 Å². The molecule has 3 rings (SSSR count). The van der Waals surface area contributed by atoms with Crippen LogP contribution in [0, 0.1) is 0 Å².